The van der Waals surface area contributed by atoms with Crippen molar-refractivity contribution >= 4 is 11.5 Å². The third-order valence-corrected chi connectivity index (χ3v) is 2.23. The largest absolute Gasteiger partial charge is 0.397 e. The molecule has 1 atom stereocenters. The molecule has 2 rings (SSSR count). The molecule has 13 heavy (non-hydrogen) atoms. The molecule has 4 heteroatoms. The van der Waals surface area contributed by atoms with Crippen molar-refractivity contribution in [2.24, 2.45) is 0 Å². The Hall–Kier alpha value is -1.32. The van der Waals surface area contributed by atoms with Crippen LogP contribution in [0.1, 0.15) is 6.42 Å². The number of hydrogen-bond acceptors (Lipinski definition) is 3. The first-order valence-corrected chi connectivity index (χ1v) is 4.36. The van der Waals surface area contributed by atoms with Gasteiger partial charge in [-0.25, -0.2) is 9.37 Å². The Kier molecular flexibility index (Phi) is 2.04. The molecule has 0 amide bonds. The predicted octanol–water partition coefficient (Wildman–Crippen LogP) is 1.21. The number of pyridine rings is 1. The van der Waals surface area contributed by atoms with Crippen LogP contribution in [0.25, 0.3) is 0 Å². The van der Waals surface area contributed by atoms with Crippen molar-refractivity contribution in [3.05, 3.63) is 18.3 Å². The summed E-state index contributed by atoms with van der Waals surface area (Å²) in [6, 6.07) is 3.61. The Morgan fingerprint density at radius 3 is 2.92 bits per heavy atom. The molecule has 0 aliphatic carbocycles. The highest BCUT2D eigenvalue weighted by atomic mass is 19.1. The van der Waals surface area contributed by atoms with Gasteiger partial charge in [0.25, 0.3) is 0 Å². The number of anilines is 2. The van der Waals surface area contributed by atoms with Crippen LogP contribution in [0.15, 0.2) is 18.3 Å². The maximum absolute atomic E-state index is 12.8. The lowest BCUT2D eigenvalue weighted by Gasteiger charge is -2.15. The van der Waals surface area contributed by atoms with Crippen molar-refractivity contribution in [1.82, 2.24) is 4.98 Å². The second-order valence-electron chi connectivity index (χ2n) is 3.28. The van der Waals surface area contributed by atoms with Crippen molar-refractivity contribution in [2.45, 2.75) is 12.6 Å². The van der Waals surface area contributed by atoms with E-state index in [1.807, 2.05) is 11.0 Å². The van der Waals surface area contributed by atoms with Gasteiger partial charge in [-0.15, -0.1) is 0 Å². The fourth-order valence-corrected chi connectivity index (χ4v) is 1.51. The van der Waals surface area contributed by atoms with Gasteiger partial charge in [0.05, 0.1) is 18.4 Å². The maximum Gasteiger partial charge on any atom is 0.128 e. The topological polar surface area (TPSA) is 42.1 Å². The summed E-state index contributed by atoms with van der Waals surface area (Å²) in [5.74, 6) is 0.814. The summed E-state index contributed by atoms with van der Waals surface area (Å²) in [5, 5.41) is 0. The minimum atomic E-state index is -0.709. The van der Waals surface area contributed by atoms with E-state index in [-0.39, 0.29) is 0 Å². The third kappa shape index (κ3) is 1.71. The quantitative estimate of drug-likeness (QED) is 0.708. The van der Waals surface area contributed by atoms with Crippen LogP contribution in [0.4, 0.5) is 15.9 Å². The number of nitrogen functional groups attached to an aromatic ring is 1. The molecule has 2 N–H and O–H groups in total. The summed E-state index contributed by atoms with van der Waals surface area (Å²) in [6.07, 6.45) is 1.49. The molecule has 0 unspecified atom stereocenters. The average Bonchev–Trinajstić information content (AvgIpc) is 2.53. The molecule has 0 aromatic carbocycles. The molecule has 1 aromatic rings. The second kappa shape index (κ2) is 3.20. The predicted molar refractivity (Wildman–Crippen MR) is 50.4 cm³/mol. The Balaban J connectivity index is 2.13. The molecule has 0 bridgehead atoms. The van der Waals surface area contributed by atoms with Crippen LogP contribution in [0.3, 0.4) is 0 Å². The fourth-order valence-electron chi connectivity index (χ4n) is 1.51. The Bertz CT molecular complexity index is 285. The van der Waals surface area contributed by atoms with Gasteiger partial charge < -0.3 is 10.6 Å². The zero-order chi connectivity index (χ0) is 9.26. The van der Waals surface area contributed by atoms with Crippen LogP contribution in [-0.4, -0.2) is 24.2 Å². The molecular weight excluding hydrogens is 169 g/mol. The lowest BCUT2D eigenvalue weighted by Crippen LogP contribution is -2.20. The molecule has 0 spiro atoms. The lowest BCUT2D eigenvalue weighted by atomic mass is 10.3. The molecule has 1 fully saturated rings. The van der Waals surface area contributed by atoms with Crippen molar-refractivity contribution in [3.8, 4) is 0 Å². The molecule has 1 aliphatic rings. The monoisotopic (exact) mass is 181 g/mol. The first kappa shape index (κ1) is 8.29. The van der Waals surface area contributed by atoms with Crippen molar-refractivity contribution in [2.75, 3.05) is 23.7 Å². The Morgan fingerprint density at radius 1 is 1.54 bits per heavy atom. The fraction of sp³-hybridized carbons (Fsp3) is 0.444. The van der Waals surface area contributed by atoms with Crippen LogP contribution >= 0.6 is 0 Å². The Labute approximate surface area is 76.4 Å². The maximum atomic E-state index is 12.8. The minimum Gasteiger partial charge on any atom is -0.397 e. The van der Waals surface area contributed by atoms with Gasteiger partial charge in [-0.05, 0) is 18.6 Å². The highest BCUT2D eigenvalue weighted by Gasteiger charge is 2.22. The van der Waals surface area contributed by atoms with Crippen LogP contribution < -0.4 is 10.6 Å². The van der Waals surface area contributed by atoms with Gasteiger partial charge in [-0.2, -0.15) is 0 Å². The molecule has 1 aliphatic heterocycles. The first-order valence-electron chi connectivity index (χ1n) is 4.36. The second-order valence-corrected chi connectivity index (χ2v) is 3.28. The van der Waals surface area contributed by atoms with E-state index in [0.717, 1.165) is 12.4 Å². The zero-order valence-electron chi connectivity index (χ0n) is 7.28. The van der Waals surface area contributed by atoms with Crippen molar-refractivity contribution in [1.29, 1.82) is 0 Å². The van der Waals surface area contributed by atoms with Gasteiger partial charge >= 0.3 is 0 Å². The first-order chi connectivity index (χ1) is 6.25. The number of halogens is 1. The molecular formula is C9H12FN3. The summed E-state index contributed by atoms with van der Waals surface area (Å²) in [7, 11) is 0. The van der Waals surface area contributed by atoms with E-state index in [0.29, 0.717) is 18.7 Å². The number of nitrogens with zero attached hydrogens (tertiary/aromatic N) is 2. The molecule has 0 radical (unpaired) electrons. The summed E-state index contributed by atoms with van der Waals surface area (Å²) < 4.78 is 12.8. The summed E-state index contributed by atoms with van der Waals surface area (Å²) in [4.78, 5) is 6.06. The van der Waals surface area contributed by atoms with Crippen LogP contribution in [0, 0.1) is 0 Å². The van der Waals surface area contributed by atoms with E-state index in [9.17, 15) is 4.39 Å². The van der Waals surface area contributed by atoms with Gasteiger partial charge in [0.2, 0.25) is 0 Å². The molecule has 70 valence electrons. The van der Waals surface area contributed by atoms with Crippen molar-refractivity contribution < 1.29 is 4.39 Å². The number of alkyl halides is 1. The standard InChI is InChI=1S/C9H12FN3/c10-7-3-4-13(6-7)9-2-1-8(11)5-12-9/h1-2,5,7H,3-4,6,11H2/t7-/m0/s1. The van der Waals surface area contributed by atoms with E-state index in [1.165, 1.54) is 0 Å². The molecule has 1 saturated heterocycles. The lowest BCUT2D eigenvalue weighted by molar-refractivity contribution is 0.364. The zero-order valence-corrected chi connectivity index (χ0v) is 7.28. The van der Waals surface area contributed by atoms with E-state index >= 15 is 0 Å². The van der Waals surface area contributed by atoms with E-state index < -0.39 is 6.17 Å². The third-order valence-electron chi connectivity index (χ3n) is 2.23. The van der Waals surface area contributed by atoms with E-state index in [4.69, 9.17) is 5.73 Å². The SMILES string of the molecule is Nc1ccc(N2CC[C@H](F)C2)nc1. The molecule has 1 aromatic heterocycles. The summed E-state index contributed by atoms with van der Waals surface area (Å²) in [6.45, 7) is 1.20. The number of aromatic nitrogens is 1. The highest BCUT2D eigenvalue weighted by Crippen LogP contribution is 2.19. The van der Waals surface area contributed by atoms with Crippen molar-refractivity contribution in [3.63, 3.8) is 0 Å². The number of hydrogen-bond donors (Lipinski definition) is 1. The molecule has 3 nitrogen and oxygen atoms in total. The molecule has 2 heterocycles. The number of nitrogens with two attached hydrogens (primary N) is 1. The summed E-state index contributed by atoms with van der Waals surface area (Å²) in [5.41, 5.74) is 6.14. The van der Waals surface area contributed by atoms with Gasteiger partial charge in [0.1, 0.15) is 12.0 Å². The smallest absolute Gasteiger partial charge is 0.128 e. The Morgan fingerprint density at radius 2 is 2.38 bits per heavy atom. The highest BCUT2D eigenvalue weighted by molar-refractivity contribution is 5.46. The minimum absolute atomic E-state index is 0.455. The number of rotatable bonds is 1. The van der Waals surface area contributed by atoms with Gasteiger partial charge in [-0.3, -0.25) is 0 Å². The van der Waals surface area contributed by atoms with E-state index in [2.05, 4.69) is 4.98 Å². The average molecular weight is 181 g/mol. The molecule has 0 saturated carbocycles. The van der Waals surface area contributed by atoms with Crippen LogP contribution in [0.2, 0.25) is 0 Å². The van der Waals surface area contributed by atoms with E-state index in [1.54, 1.807) is 12.3 Å². The normalized spacial score (nSPS) is 22.2. The van der Waals surface area contributed by atoms with Crippen LogP contribution in [-0.2, 0) is 0 Å². The van der Waals surface area contributed by atoms with Crippen LogP contribution in [0.5, 0.6) is 0 Å². The van der Waals surface area contributed by atoms with Gasteiger partial charge in [-0.1, -0.05) is 0 Å². The van der Waals surface area contributed by atoms with Gasteiger partial charge in [0.15, 0.2) is 0 Å². The van der Waals surface area contributed by atoms with Gasteiger partial charge in [0, 0.05) is 6.54 Å². The summed E-state index contributed by atoms with van der Waals surface area (Å²) >= 11 is 0.